The zero-order valence-electron chi connectivity index (χ0n) is 43.1. The highest BCUT2D eigenvalue weighted by Gasteiger charge is 2.11. The van der Waals surface area contributed by atoms with E-state index in [0.29, 0.717) is 37.8 Å². The SMILES string of the molecule is CCCC(=O)NCCC(=O)NCCC(=O)NCCC(=O)NCCC(=O)NCCC(C)C.CNC(=O)CCCC(=O)NCCC(=O)NCCC(=O)NCCC(=O)NCCC(=O)NCCC(=O)NCCC(C)C. The van der Waals surface area contributed by atoms with E-state index in [4.69, 9.17) is 0 Å². The molecule has 0 radical (unpaired) electrons. The van der Waals surface area contributed by atoms with E-state index < -0.39 is 0 Å². The molecule has 12 N–H and O–H groups in total. The van der Waals surface area contributed by atoms with E-state index in [-0.39, 0.29) is 200 Å². The molecule has 0 aliphatic heterocycles. The average molecular weight is 1010 g/mol. The van der Waals surface area contributed by atoms with Gasteiger partial charge in [0.25, 0.3) is 0 Å². The first kappa shape index (κ1) is 66.7. The molecule has 0 fully saturated rings. The monoisotopic (exact) mass is 1010 g/mol. The maximum absolute atomic E-state index is 11.9. The zero-order chi connectivity index (χ0) is 53.7. The van der Waals surface area contributed by atoms with Crippen molar-refractivity contribution in [2.24, 2.45) is 11.8 Å². The molecule has 0 saturated heterocycles. The second-order valence-electron chi connectivity index (χ2n) is 17.2. The maximum atomic E-state index is 11.9. The first-order valence-corrected chi connectivity index (χ1v) is 24.9. The van der Waals surface area contributed by atoms with E-state index in [9.17, 15) is 57.5 Å². The maximum Gasteiger partial charge on any atom is 0.221 e. The Morgan fingerprint density at radius 3 is 0.648 bits per heavy atom. The Morgan fingerprint density at radius 2 is 0.451 bits per heavy atom. The molecule has 0 aliphatic rings. The lowest BCUT2D eigenvalue weighted by Gasteiger charge is -2.09. The van der Waals surface area contributed by atoms with Crippen molar-refractivity contribution in [3.8, 4) is 0 Å². The summed E-state index contributed by atoms with van der Waals surface area (Å²) in [5.41, 5.74) is 0. The molecule has 0 saturated carbocycles. The van der Waals surface area contributed by atoms with Gasteiger partial charge < -0.3 is 63.8 Å². The number of hydrogen-bond acceptors (Lipinski definition) is 12. The van der Waals surface area contributed by atoms with Crippen LogP contribution in [-0.4, -0.2) is 150 Å². The number of rotatable bonds is 39. The Balaban J connectivity index is 0. The molecular formula is C47H86N12O12. The van der Waals surface area contributed by atoms with Crippen LogP contribution >= 0.6 is 0 Å². The van der Waals surface area contributed by atoms with Gasteiger partial charge in [-0.15, -0.1) is 0 Å². The fraction of sp³-hybridized carbons (Fsp3) is 0.745. The van der Waals surface area contributed by atoms with Crippen LogP contribution in [0.1, 0.15) is 137 Å². The third-order valence-electron chi connectivity index (χ3n) is 9.72. The van der Waals surface area contributed by atoms with Crippen molar-refractivity contribution < 1.29 is 57.5 Å². The van der Waals surface area contributed by atoms with Crippen molar-refractivity contribution in [2.45, 2.75) is 137 Å². The standard InChI is InChI=1S/C26H47N7O7.C21H39N5O5/c1-19(2)7-13-28-22(36)9-15-30-24(38)11-17-32-26(40)12-18-33-25(39)10-16-31-23(37)8-14-29-21(35)6-4-5-20(34)27-3;1-4-5-17(27)23-12-7-19(29)25-14-9-21(31)26-15-10-20(30)24-13-8-18(28)22-11-6-16(2)3/h19H,4-18H2,1-3H3,(H,27,34)(H,28,36)(H,29,35)(H,30,38)(H,31,37)(H,32,40)(H,33,39);16H,4-15H2,1-3H3,(H,22,28)(H,23,27)(H,24,30)(H,25,29)(H,26,31). The van der Waals surface area contributed by atoms with Crippen LogP contribution in [-0.2, 0) is 57.5 Å². The minimum atomic E-state index is -0.329. The molecule has 24 heteroatoms. The van der Waals surface area contributed by atoms with Crippen molar-refractivity contribution in [1.29, 1.82) is 0 Å². The van der Waals surface area contributed by atoms with Crippen LogP contribution in [0.5, 0.6) is 0 Å². The van der Waals surface area contributed by atoms with Crippen LogP contribution in [0, 0.1) is 11.8 Å². The van der Waals surface area contributed by atoms with Crippen molar-refractivity contribution in [3.05, 3.63) is 0 Å². The molecular weight excluding hydrogens is 925 g/mol. The molecule has 24 nitrogen and oxygen atoms in total. The minimum absolute atomic E-state index is 0.0368. The summed E-state index contributed by atoms with van der Waals surface area (Å²) < 4.78 is 0. The van der Waals surface area contributed by atoms with Crippen molar-refractivity contribution in [2.75, 3.05) is 79.0 Å². The van der Waals surface area contributed by atoms with Crippen LogP contribution in [0.15, 0.2) is 0 Å². The highest BCUT2D eigenvalue weighted by atomic mass is 16.2. The van der Waals surface area contributed by atoms with Gasteiger partial charge in [-0.05, 0) is 37.5 Å². The third kappa shape index (κ3) is 48.5. The summed E-state index contributed by atoms with van der Waals surface area (Å²) in [6, 6.07) is 0. The number of amides is 12. The predicted octanol–water partition coefficient (Wildman–Crippen LogP) is -1.43. The predicted molar refractivity (Wildman–Crippen MR) is 266 cm³/mol. The fourth-order valence-corrected chi connectivity index (χ4v) is 5.57. The molecule has 0 heterocycles. The van der Waals surface area contributed by atoms with Crippen LogP contribution in [0.2, 0.25) is 0 Å². The Bertz CT molecular complexity index is 1650. The topological polar surface area (TPSA) is 349 Å². The summed E-state index contributed by atoms with van der Waals surface area (Å²) in [5.74, 6) is -1.62. The fourth-order valence-electron chi connectivity index (χ4n) is 5.57. The summed E-state index contributed by atoms with van der Waals surface area (Å²) in [5, 5.41) is 31.6. The van der Waals surface area contributed by atoms with Crippen LogP contribution in [0.25, 0.3) is 0 Å². The molecule has 0 aromatic rings. The van der Waals surface area contributed by atoms with Gasteiger partial charge in [-0.2, -0.15) is 0 Å². The average Bonchev–Trinajstić information content (AvgIpc) is 3.29. The van der Waals surface area contributed by atoms with Gasteiger partial charge in [0, 0.05) is 156 Å². The summed E-state index contributed by atoms with van der Waals surface area (Å²) in [7, 11) is 1.53. The highest BCUT2D eigenvalue weighted by Crippen LogP contribution is 1.98. The lowest BCUT2D eigenvalue weighted by Crippen LogP contribution is -2.36. The highest BCUT2D eigenvalue weighted by molar-refractivity contribution is 5.84. The second kappa shape index (κ2) is 44.8. The summed E-state index contributed by atoms with van der Waals surface area (Å²) in [6.45, 7) is 13.1. The Morgan fingerprint density at radius 1 is 0.268 bits per heavy atom. The van der Waals surface area contributed by atoms with Crippen molar-refractivity contribution in [3.63, 3.8) is 0 Å². The molecule has 406 valence electrons. The molecule has 0 aliphatic carbocycles. The van der Waals surface area contributed by atoms with Crippen molar-refractivity contribution >= 4 is 70.9 Å². The Kier molecular flexibility index (Phi) is 42.1. The van der Waals surface area contributed by atoms with E-state index in [1.54, 1.807) is 0 Å². The van der Waals surface area contributed by atoms with Gasteiger partial charge in [0.2, 0.25) is 70.9 Å². The smallest absolute Gasteiger partial charge is 0.221 e. The van der Waals surface area contributed by atoms with Gasteiger partial charge in [0.05, 0.1) is 0 Å². The molecule has 12 amide bonds. The van der Waals surface area contributed by atoms with Gasteiger partial charge >= 0.3 is 0 Å². The molecule has 0 bridgehead atoms. The Labute approximate surface area is 419 Å². The lowest BCUT2D eigenvalue weighted by atomic mass is 10.1. The molecule has 0 rings (SSSR count). The van der Waals surface area contributed by atoms with Gasteiger partial charge in [-0.3, -0.25) is 57.5 Å². The molecule has 0 spiro atoms. The molecule has 71 heavy (non-hydrogen) atoms. The number of carbonyl (C=O) groups excluding carboxylic acids is 12. The zero-order valence-corrected chi connectivity index (χ0v) is 43.1. The quantitative estimate of drug-likeness (QED) is 0.0338. The van der Waals surface area contributed by atoms with Gasteiger partial charge in [0.15, 0.2) is 0 Å². The van der Waals surface area contributed by atoms with Gasteiger partial charge in [-0.1, -0.05) is 34.6 Å². The van der Waals surface area contributed by atoms with E-state index in [2.05, 4.69) is 91.5 Å². The summed E-state index contributed by atoms with van der Waals surface area (Å²) >= 11 is 0. The summed E-state index contributed by atoms with van der Waals surface area (Å²) in [4.78, 5) is 140. The van der Waals surface area contributed by atoms with Gasteiger partial charge in [-0.25, -0.2) is 0 Å². The first-order chi connectivity index (χ1) is 33.8. The van der Waals surface area contributed by atoms with Gasteiger partial charge in [0.1, 0.15) is 0 Å². The number of carbonyl (C=O) groups is 12. The lowest BCUT2D eigenvalue weighted by molar-refractivity contribution is -0.125. The van der Waals surface area contributed by atoms with E-state index in [1.165, 1.54) is 7.05 Å². The Hall–Kier alpha value is -6.36. The molecule has 0 unspecified atom stereocenters. The van der Waals surface area contributed by atoms with Crippen LogP contribution < -0.4 is 63.8 Å². The summed E-state index contributed by atoms with van der Waals surface area (Å²) in [6.07, 6.45) is 4.90. The normalized spacial score (nSPS) is 10.3. The van der Waals surface area contributed by atoms with Crippen LogP contribution in [0.4, 0.5) is 0 Å². The van der Waals surface area contributed by atoms with Crippen molar-refractivity contribution in [1.82, 2.24) is 63.8 Å². The van der Waals surface area contributed by atoms with E-state index in [0.717, 1.165) is 19.3 Å². The van der Waals surface area contributed by atoms with Crippen LogP contribution in [0.3, 0.4) is 0 Å². The third-order valence-corrected chi connectivity index (χ3v) is 9.72. The molecule has 0 aromatic heterocycles. The molecule has 0 aromatic carbocycles. The number of nitrogens with one attached hydrogen (secondary N) is 12. The first-order valence-electron chi connectivity index (χ1n) is 24.9. The minimum Gasteiger partial charge on any atom is -0.359 e. The number of hydrogen-bond donors (Lipinski definition) is 12. The van der Waals surface area contributed by atoms with E-state index in [1.807, 2.05) is 6.92 Å². The molecule has 0 atom stereocenters. The van der Waals surface area contributed by atoms with E-state index >= 15 is 0 Å². The second-order valence-corrected chi connectivity index (χ2v) is 17.2. The largest absolute Gasteiger partial charge is 0.359 e.